The van der Waals surface area contributed by atoms with Crippen molar-refractivity contribution in [3.05, 3.63) is 24.5 Å². The average Bonchev–Trinajstić information content (AvgIpc) is 2.94. The quantitative estimate of drug-likeness (QED) is 0.742. The van der Waals surface area contributed by atoms with Gasteiger partial charge in [0.2, 0.25) is 0 Å². The molecule has 0 unspecified atom stereocenters. The van der Waals surface area contributed by atoms with Crippen molar-refractivity contribution in [1.29, 1.82) is 0 Å². The van der Waals surface area contributed by atoms with Crippen molar-refractivity contribution < 1.29 is 0 Å². The minimum Gasteiger partial charge on any atom is -0.399 e. The lowest BCUT2D eigenvalue weighted by Crippen LogP contribution is -1.98. The molecule has 5 nitrogen and oxygen atoms in total. The SMILES string of the molecule is Nc1cc(N)cc(-c2nncn2C2CC2)c1. The number of anilines is 2. The lowest BCUT2D eigenvalue weighted by Gasteiger charge is -2.06. The number of nitrogens with zero attached hydrogens (tertiary/aromatic N) is 3. The maximum atomic E-state index is 5.77. The lowest BCUT2D eigenvalue weighted by atomic mass is 10.1. The fourth-order valence-corrected chi connectivity index (χ4v) is 1.87. The first-order valence-corrected chi connectivity index (χ1v) is 5.30. The fraction of sp³-hybridized carbons (Fsp3) is 0.273. The predicted octanol–water partition coefficient (Wildman–Crippen LogP) is 1.44. The van der Waals surface area contributed by atoms with Crippen molar-refractivity contribution in [2.24, 2.45) is 0 Å². The molecule has 82 valence electrons. The Morgan fingerprint density at radius 2 is 1.81 bits per heavy atom. The highest BCUT2D eigenvalue weighted by Gasteiger charge is 2.26. The van der Waals surface area contributed by atoms with E-state index in [-0.39, 0.29) is 0 Å². The second-order valence-corrected chi connectivity index (χ2v) is 4.18. The summed E-state index contributed by atoms with van der Waals surface area (Å²) in [5, 5.41) is 8.08. The number of hydrogen-bond acceptors (Lipinski definition) is 4. The van der Waals surface area contributed by atoms with Gasteiger partial charge in [0.05, 0.1) is 0 Å². The van der Waals surface area contributed by atoms with Gasteiger partial charge in [0.1, 0.15) is 6.33 Å². The summed E-state index contributed by atoms with van der Waals surface area (Å²) >= 11 is 0. The molecular formula is C11H13N5. The van der Waals surface area contributed by atoms with E-state index in [0.717, 1.165) is 11.4 Å². The molecule has 1 heterocycles. The summed E-state index contributed by atoms with van der Waals surface area (Å²) in [6, 6.07) is 6.03. The Kier molecular flexibility index (Phi) is 1.86. The van der Waals surface area contributed by atoms with E-state index in [0.29, 0.717) is 17.4 Å². The maximum Gasteiger partial charge on any atom is 0.164 e. The van der Waals surface area contributed by atoms with Gasteiger partial charge in [0, 0.05) is 23.0 Å². The van der Waals surface area contributed by atoms with E-state index in [1.165, 1.54) is 12.8 Å². The molecule has 0 radical (unpaired) electrons. The smallest absolute Gasteiger partial charge is 0.164 e. The molecule has 0 spiro atoms. The number of benzene rings is 1. The van der Waals surface area contributed by atoms with Gasteiger partial charge in [-0.25, -0.2) is 0 Å². The zero-order valence-electron chi connectivity index (χ0n) is 8.80. The van der Waals surface area contributed by atoms with Gasteiger partial charge in [-0.3, -0.25) is 0 Å². The van der Waals surface area contributed by atoms with Crippen LogP contribution in [0.15, 0.2) is 24.5 Å². The molecule has 3 rings (SSSR count). The molecule has 5 heteroatoms. The third kappa shape index (κ3) is 1.50. The summed E-state index contributed by atoms with van der Waals surface area (Å²) in [6.45, 7) is 0. The highest BCUT2D eigenvalue weighted by molar-refractivity contribution is 5.68. The zero-order valence-corrected chi connectivity index (χ0v) is 8.80. The van der Waals surface area contributed by atoms with Gasteiger partial charge < -0.3 is 16.0 Å². The maximum absolute atomic E-state index is 5.77. The molecule has 1 fully saturated rings. The van der Waals surface area contributed by atoms with E-state index in [4.69, 9.17) is 11.5 Å². The third-order valence-corrected chi connectivity index (χ3v) is 2.75. The van der Waals surface area contributed by atoms with Crippen LogP contribution in [-0.2, 0) is 0 Å². The minimum absolute atomic E-state index is 0.549. The van der Waals surface area contributed by atoms with Crippen LogP contribution in [0.25, 0.3) is 11.4 Å². The van der Waals surface area contributed by atoms with Crippen LogP contribution in [0.2, 0.25) is 0 Å². The molecule has 1 aliphatic rings. The Balaban J connectivity index is 2.10. The molecule has 1 aliphatic carbocycles. The van der Waals surface area contributed by atoms with Crippen molar-refractivity contribution in [2.75, 3.05) is 11.5 Å². The average molecular weight is 215 g/mol. The van der Waals surface area contributed by atoms with Gasteiger partial charge in [0.15, 0.2) is 5.82 Å². The lowest BCUT2D eigenvalue weighted by molar-refractivity contribution is 0.746. The Labute approximate surface area is 93.1 Å². The van der Waals surface area contributed by atoms with Crippen LogP contribution in [0.4, 0.5) is 11.4 Å². The van der Waals surface area contributed by atoms with Crippen molar-refractivity contribution in [2.45, 2.75) is 18.9 Å². The summed E-state index contributed by atoms with van der Waals surface area (Å²) in [7, 11) is 0. The molecule has 0 aliphatic heterocycles. The van der Waals surface area contributed by atoms with Crippen molar-refractivity contribution in [3.63, 3.8) is 0 Å². The van der Waals surface area contributed by atoms with E-state index < -0.39 is 0 Å². The second kappa shape index (κ2) is 3.23. The highest BCUT2D eigenvalue weighted by Crippen LogP contribution is 2.37. The number of aromatic nitrogens is 3. The van der Waals surface area contributed by atoms with Gasteiger partial charge in [-0.2, -0.15) is 0 Å². The van der Waals surface area contributed by atoms with Crippen LogP contribution in [-0.4, -0.2) is 14.8 Å². The fourth-order valence-electron chi connectivity index (χ4n) is 1.87. The molecule has 0 amide bonds. The first kappa shape index (κ1) is 9.21. The highest BCUT2D eigenvalue weighted by atomic mass is 15.3. The molecule has 0 atom stereocenters. The van der Waals surface area contributed by atoms with E-state index in [1.54, 1.807) is 12.4 Å². The van der Waals surface area contributed by atoms with Crippen LogP contribution in [0, 0.1) is 0 Å². The van der Waals surface area contributed by atoms with Crippen LogP contribution in [0.1, 0.15) is 18.9 Å². The van der Waals surface area contributed by atoms with Gasteiger partial charge in [-0.15, -0.1) is 10.2 Å². The molecule has 16 heavy (non-hydrogen) atoms. The number of hydrogen-bond donors (Lipinski definition) is 2. The number of nitrogen functional groups attached to an aromatic ring is 2. The van der Waals surface area contributed by atoms with E-state index in [9.17, 15) is 0 Å². The standard InChI is InChI=1S/C11H13N5/c12-8-3-7(4-9(13)5-8)11-15-14-6-16(11)10-1-2-10/h3-6,10H,1-2,12-13H2. The first-order chi connectivity index (χ1) is 7.74. The van der Waals surface area contributed by atoms with E-state index in [1.807, 2.05) is 12.1 Å². The normalized spacial score (nSPS) is 15.2. The Bertz CT molecular complexity index is 507. The monoisotopic (exact) mass is 215 g/mol. The predicted molar refractivity (Wildman–Crippen MR) is 62.6 cm³/mol. The Morgan fingerprint density at radius 3 is 2.44 bits per heavy atom. The minimum atomic E-state index is 0.549. The Morgan fingerprint density at radius 1 is 1.12 bits per heavy atom. The van der Waals surface area contributed by atoms with E-state index in [2.05, 4.69) is 14.8 Å². The third-order valence-electron chi connectivity index (χ3n) is 2.75. The molecular weight excluding hydrogens is 202 g/mol. The molecule has 1 aromatic heterocycles. The van der Waals surface area contributed by atoms with Crippen molar-refractivity contribution >= 4 is 11.4 Å². The number of nitrogens with two attached hydrogens (primary N) is 2. The Hall–Kier alpha value is -2.04. The first-order valence-electron chi connectivity index (χ1n) is 5.30. The summed E-state index contributed by atoms with van der Waals surface area (Å²) in [4.78, 5) is 0. The van der Waals surface area contributed by atoms with Crippen LogP contribution in [0.5, 0.6) is 0 Å². The van der Waals surface area contributed by atoms with Gasteiger partial charge in [-0.05, 0) is 31.0 Å². The molecule has 0 saturated heterocycles. The zero-order chi connectivity index (χ0) is 11.1. The summed E-state index contributed by atoms with van der Waals surface area (Å²) in [6.07, 6.45) is 4.16. The van der Waals surface area contributed by atoms with Crippen molar-refractivity contribution in [3.8, 4) is 11.4 Å². The molecule has 1 saturated carbocycles. The topological polar surface area (TPSA) is 82.8 Å². The van der Waals surface area contributed by atoms with Crippen LogP contribution in [0.3, 0.4) is 0 Å². The van der Waals surface area contributed by atoms with Crippen LogP contribution < -0.4 is 11.5 Å². The summed E-state index contributed by atoms with van der Waals surface area (Å²) < 4.78 is 2.09. The molecule has 0 bridgehead atoms. The van der Waals surface area contributed by atoms with Crippen molar-refractivity contribution in [1.82, 2.24) is 14.8 Å². The second-order valence-electron chi connectivity index (χ2n) is 4.18. The van der Waals surface area contributed by atoms with Crippen LogP contribution >= 0.6 is 0 Å². The molecule has 4 N–H and O–H groups in total. The van der Waals surface area contributed by atoms with Gasteiger partial charge in [-0.1, -0.05) is 0 Å². The molecule has 1 aromatic carbocycles. The molecule has 2 aromatic rings. The number of rotatable bonds is 2. The largest absolute Gasteiger partial charge is 0.399 e. The van der Waals surface area contributed by atoms with Gasteiger partial charge in [0.25, 0.3) is 0 Å². The van der Waals surface area contributed by atoms with Gasteiger partial charge >= 0.3 is 0 Å². The van der Waals surface area contributed by atoms with E-state index >= 15 is 0 Å². The summed E-state index contributed by atoms with van der Waals surface area (Å²) in [5.74, 6) is 0.849. The summed E-state index contributed by atoms with van der Waals surface area (Å²) in [5.41, 5.74) is 13.8.